The summed E-state index contributed by atoms with van der Waals surface area (Å²) in [5.74, 6) is -0.184. The van der Waals surface area contributed by atoms with Gasteiger partial charge < -0.3 is 15.8 Å². The minimum absolute atomic E-state index is 0.00231. The van der Waals surface area contributed by atoms with Crippen molar-refractivity contribution < 1.29 is 9.53 Å². The molecule has 4 heteroatoms. The first-order valence-electron chi connectivity index (χ1n) is 4.55. The second kappa shape index (κ2) is 3.64. The summed E-state index contributed by atoms with van der Waals surface area (Å²) in [6.07, 6.45) is 0. The Bertz CT molecular complexity index is 198. The molecule has 3 N–H and O–H groups in total. The van der Waals surface area contributed by atoms with Crippen molar-refractivity contribution in [3.63, 3.8) is 0 Å². The third-order valence-corrected chi connectivity index (χ3v) is 1.96. The second-order valence-electron chi connectivity index (χ2n) is 4.55. The number of nitrogens with one attached hydrogen (secondary N) is 1. The molecule has 1 amide bonds. The summed E-state index contributed by atoms with van der Waals surface area (Å²) < 4.78 is 5.12. The Kier molecular flexibility index (Phi) is 2.93. The number of carbonyl (C=O) groups excluding carboxylic acids is 1. The first-order valence-corrected chi connectivity index (χ1v) is 4.55. The van der Waals surface area contributed by atoms with Crippen molar-refractivity contribution in [2.24, 2.45) is 11.7 Å². The second-order valence-corrected chi connectivity index (χ2v) is 4.55. The first kappa shape index (κ1) is 10.5. The average molecular weight is 186 g/mol. The maximum absolute atomic E-state index is 11.6. The zero-order valence-corrected chi connectivity index (χ0v) is 8.46. The lowest BCUT2D eigenvalue weighted by atomic mass is 10.0. The highest BCUT2D eigenvalue weighted by atomic mass is 16.5. The van der Waals surface area contributed by atoms with Crippen LogP contribution in [-0.2, 0) is 9.53 Å². The first-order chi connectivity index (χ1) is 5.90. The molecule has 4 nitrogen and oxygen atoms in total. The van der Waals surface area contributed by atoms with Crippen molar-refractivity contribution in [3.8, 4) is 0 Å². The molecule has 0 saturated carbocycles. The van der Waals surface area contributed by atoms with Crippen LogP contribution in [0.3, 0.4) is 0 Å². The standard InChI is InChI=1S/C9H18N2O2/c1-9(2,3)11-8(12)6-4-13-5-7(6)10/h6-7H,4-5,10H2,1-3H3,(H,11,12). The van der Waals surface area contributed by atoms with Gasteiger partial charge in [-0.05, 0) is 20.8 Å². The van der Waals surface area contributed by atoms with Gasteiger partial charge in [0.15, 0.2) is 0 Å². The van der Waals surface area contributed by atoms with Gasteiger partial charge >= 0.3 is 0 Å². The van der Waals surface area contributed by atoms with Gasteiger partial charge in [0.2, 0.25) is 5.91 Å². The number of rotatable bonds is 1. The normalized spacial score (nSPS) is 28.9. The molecule has 2 atom stereocenters. The van der Waals surface area contributed by atoms with Gasteiger partial charge in [-0.25, -0.2) is 0 Å². The lowest BCUT2D eigenvalue weighted by Crippen LogP contribution is -2.48. The fraction of sp³-hybridized carbons (Fsp3) is 0.889. The molecule has 1 heterocycles. The van der Waals surface area contributed by atoms with E-state index in [0.29, 0.717) is 13.2 Å². The smallest absolute Gasteiger partial charge is 0.227 e. The van der Waals surface area contributed by atoms with Crippen LogP contribution < -0.4 is 11.1 Å². The van der Waals surface area contributed by atoms with Crippen molar-refractivity contribution in [1.29, 1.82) is 0 Å². The van der Waals surface area contributed by atoms with Crippen LogP contribution in [0, 0.1) is 5.92 Å². The summed E-state index contributed by atoms with van der Waals surface area (Å²) in [7, 11) is 0. The minimum Gasteiger partial charge on any atom is -0.379 e. The summed E-state index contributed by atoms with van der Waals surface area (Å²) in [6.45, 7) is 6.79. The third kappa shape index (κ3) is 2.97. The third-order valence-electron chi connectivity index (χ3n) is 1.96. The number of amides is 1. The SMILES string of the molecule is CC(C)(C)NC(=O)C1COCC1N. The Balaban J connectivity index is 2.48. The van der Waals surface area contributed by atoms with Crippen molar-refractivity contribution in [2.45, 2.75) is 32.4 Å². The molecule has 0 aromatic rings. The van der Waals surface area contributed by atoms with Crippen LogP contribution in [0.2, 0.25) is 0 Å². The predicted octanol–water partition coefficient (Wildman–Crippen LogP) is -0.125. The minimum atomic E-state index is -0.195. The van der Waals surface area contributed by atoms with Gasteiger partial charge in [-0.2, -0.15) is 0 Å². The zero-order chi connectivity index (χ0) is 10.1. The Morgan fingerprint density at radius 3 is 2.46 bits per heavy atom. The molecule has 1 rings (SSSR count). The van der Waals surface area contributed by atoms with E-state index in [-0.39, 0.29) is 23.4 Å². The van der Waals surface area contributed by atoms with Gasteiger partial charge in [0.25, 0.3) is 0 Å². The fourth-order valence-electron chi connectivity index (χ4n) is 1.30. The van der Waals surface area contributed by atoms with E-state index in [0.717, 1.165) is 0 Å². The van der Waals surface area contributed by atoms with Crippen LogP contribution >= 0.6 is 0 Å². The van der Waals surface area contributed by atoms with Crippen LogP contribution in [0.4, 0.5) is 0 Å². The van der Waals surface area contributed by atoms with Gasteiger partial charge in [-0.15, -0.1) is 0 Å². The Morgan fingerprint density at radius 2 is 2.08 bits per heavy atom. The van der Waals surface area contributed by atoms with Gasteiger partial charge in [0.1, 0.15) is 0 Å². The molecule has 2 unspecified atom stereocenters. The number of hydrogen-bond acceptors (Lipinski definition) is 3. The van der Waals surface area contributed by atoms with Crippen LogP contribution in [0.25, 0.3) is 0 Å². The average Bonchev–Trinajstić information content (AvgIpc) is 2.30. The maximum Gasteiger partial charge on any atom is 0.227 e. The number of nitrogens with two attached hydrogens (primary N) is 1. The topological polar surface area (TPSA) is 64.3 Å². The molecule has 0 radical (unpaired) electrons. The zero-order valence-electron chi connectivity index (χ0n) is 8.46. The molecule has 76 valence electrons. The molecule has 0 aromatic heterocycles. The van der Waals surface area contributed by atoms with E-state index in [9.17, 15) is 4.79 Å². The monoisotopic (exact) mass is 186 g/mol. The van der Waals surface area contributed by atoms with E-state index in [1.54, 1.807) is 0 Å². The molecule has 0 aliphatic carbocycles. The predicted molar refractivity (Wildman–Crippen MR) is 50.2 cm³/mol. The van der Waals surface area contributed by atoms with Gasteiger partial charge in [-0.1, -0.05) is 0 Å². The molecule has 1 aliphatic heterocycles. The Labute approximate surface area is 78.8 Å². The molecular weight excluding hydrogens is 168 g/mol. The molecule has 0 bridgehead atoms. The highest BCUT2D eigenvalue weighted by Gasteiger charge is 2.32. The fourth-order valence-corrected chi connectivity index (χ4v) is 1.30. The van der Waals surface area contributed by atoms with Crippen molar-refractivity contribution >= 4 is 5.91 Å². The summed E-state index contributed by atoms with van der Waals surface area (Å²) >= 11 is 0. The molecule has 0 spiro atoms. The lowest BCUT2D eigenvalue weighted by Gasteiger charge is -2.23. The molecule has 1 fully saturated rings. The van der Waals surface area contributed by atoms with Gasteiger partial charge in [0.05, 0.1) is 19.1 Å². The molecular formula is C9H18N2O2. The summed E-state index contributed by atoms with van der Waals surface area (Å²) in [5.41, 5.74) is 5.52. The van der Waals surface area contributed by atoms with E-state index in [2.05, 4.69) is 5.32 Å². The van der Waals surface area contributed by atoms with Crippen LogP contribution in [0.1, 0.15) is 20.8 Å². The van der Waals surface area contributed by atoms with Crippen molar-refractivity contribution in [1.82, 2.24) is 5.32 Å². The quantitative estimate of drug-likeness (QED) is 0.600. The summed E-state index contributed by atoms with van der Waals surface area (Å²) in [5, 5.41) is 2.89. The van der Waals surface area contributed by atoms with E-state index < -0.39 is 0 Å². The highest BCUT2D eigenvalue weighted by molar-refractivity contribution is 5.80. The van der Waals surface area contributed by atoms with E-state index in [1.807, 2.05) is 20.8 Å². The Morgan fingerprint density at radius 1 is 1.46 bits per heavy atom. The molecule has 1 aliphatic rings. The van der Waals surface area contributed by atoms with Gasteiger partial charge in [0, 0.05) is 11.6 Å². The van der Waals surface area contributed by atoms with Crippen molar-refractivity contribution in [2.75, 3.05) is 13.2 Å². The lowest BCUT2D eigenvalue weighted by molar-refractivity contribution is -0.126. The van der Waals surface area contributed by atoms with E-state index >= 15 is 0 Å². The van der Waals surface area contributed by atoms with Crippen molar-refractivity contribution in [3.05, 3.63) is 0 Å². The largest absolute Gasteiger partial charge is 0.379 e. The number of hydrogen-bond donors (Lipinski definition) is 2. The van der Waals surface area contributed by atoms with Crippen LogP contribution in [0.15, 0.2) is 0 Å². The number of carbonyl (C=O) groups is 1. The maximum atomic E-state index is 11.6. The van der Waals surface area contributed by atoms with E-state index in [1.165, 1.54) is 0 Å². The summed E-state index contributed by atoms with van der Waals surface area (Å²) in [6, 6.07) is -0.151. The molecule has 0 aromatic carbocycles. The summed E-state index contributed by atoms with van der Waals surface area (Å²) in [4.78, 5) is 11.6. The van der Waals surface area contributed by atoms with Crippen LogP contribution in [0.5, 0.6) is 0 Å². The highest BCUT2D eigenvalue weighted by Crippen LogP contribution is 2.13. The van der Waals surface area contributed by atoms with Gasteiger partial charge in [-0.3, -0.25) is 4.79 Å². The van der Waals surface area contributed by atoms with Crippen LogP contribution in [-0.4, -0.2) is 30.7 Å². The molecule has 1 saturated heterocycles. The molecule has 13 heavy (non-hydrogen) atoms. The Hall–Kier alpha value is -0.610. The van der Waals surface area contributed by atoms with E-state index in [4.69, 9.17) is 10.5 Å². The number of ether oxygens (including phenoxy) is 1.